The van der Waals surface area contributed by atoms with Crippen molar-refractivity contribution < 1.29 is 9.59 Å². The lowest BCUT2D eigenvalue weighted by Gasteiger charge is -2.07. The molecule has 4 rings (SSSR count). The first kappa shape index (κ1) is 20.6. The van der Waals surface area contributed by atoms with Crippen molar-refractivity contribution in [1.29, 1.82) is 0 Å². The fraction of sp³-hybridized carbons (Fsp3) is 0.0769. The van der Waals surface area contributed by atoms with Gasteiger partial charge in [-0.05, 0) is 58.3 Å². The maximum Gasteiger partial charge on any atom is 0.221 e. The summed E-state index contributed by atoms with van der Waals surface area (Å²) in [5.74, 6) is -0.172. The molecular formula is C26H22N2O2S. The second kappa shape index (κ2) is 9.41. The van der Waals surface area contributed by atoms with Crippen LogP contribution in [0.3, 0.4) is 0 Å². The highest BCUT2D eigenvalue weighted by molar-refractivity contribution is 7.17. The van der Waals surface area contributed by atoms with Crippen molar-refractivity contribution >= 4 is 50.6 Å². The first-order valence-corrected chi connectivity index (χ1v) is 10.9. The summed E-state index contributed by atoms with van der Waals surface area (Å²) in [5.41, 5.74) is 4.41. The summed E-state index contributed by atoms with van der Waals surface area (Å²) in [6.45, 7) is 2.18. The Morgan fingerprint density at radius 1 is 0.935 bits per heavy atom. The molecule has 1 heterocycles. The average molecular weight is 427 g/mol. The molecule has 0 bridgehead atoms. The maximum absolute atomic E-state index is 12.6. The number of carbonyl (C=O) groups is 2. The van der Waals surface area contributed by atoms with E-state index in [4.69, 9.17) is 0 Å². The molecule has 0 saturated heterocycles. The molecule has 154 valence electrons. The van der Waals surface area contributed by atoms with Crippen LogP contribution in [0.25, 0.3) is 16.2 Å². The quantitative estimate of drug-likeness (QED) is 0.267. The van der Waals surface area contributed by atoms with E-state index >= 15 is 0 Å². The number of amides is 1. The van der Waals surface area contributed by atoms with E-state index in [0.29, 0.717) is 12.1 Å². The molecule has 0 saturated carbocycles. The van der Waals surface area contributed by atoms with Crippen LogP contribution in [0.2, 0.25) is 0 Å². The highest BCUT2D eigenvalue weighted by atomic mass is 32.1. The Kier molecular flexibility index (Phi) is 6.24. The second-order valence-corrected chi connectivity index (χ2v) is 8.10. The van der Waals surface area contributed by atoms with Gasteiger partial charge in [-0.2, -0.15) is 0 Å². The van der Waals surface area contributed by atoms with E-state index in [2.05, 4.69) is 40.3 Å². The van der Waals surface area contributed by atoms with Crippen LogP contribution in [-0.4, -0.2) is 11.7 Å². The van der Waals surface area contributed by atoms with Gasteiger partial charge in [0.05, 0.1) is 0 Å². The third-order valence-electron chi connectivity index (χ3n) is 4.85. The van der Waals surface area contributed by atoms with Crippen molar-refractivity contribution in [3.63, 3.8) is 0 Å². The lowest BCUT2D eigenvalue weighted by Crippen LogP contribution is -2.05. The summed E-state index contributed by atoms with van der Waals surface area (Å²) in [5, 5.41) is 9.59. The van der Waals surface area contributed by atoms with Crippen molar-refractivity contribution in [3.05, 3.63) is 101 Å². The van der Waals surface area contributed by atoms with Crippen molar-refractivity contribution in [2.45, 2.75) is 13.5 Å². The van der Waals surface area contributed by atoms with E-state index in [9.17, 15) is 9.59 Å². The zero-order valence-electron chi connectivity index (χ0n) is 17.1. The number of benzene rings is 3. The largest absolute Gasteiger partial charge is 0.381 e. The maximum atomic E-state index is 12.6. The predicted molar refractivity (Wildman–Crippen MR) is 130 cm³/mol. The van der Waals surface area contributed by atoms with Crippen molar-refractivity contribution in [2.75, 3.05) is 10.6 Å². The highest BCUT2D eigenvalue weighted by Gasteiger charge is 2.06. The normalized spacial score (nSPS) is 11.0. The molecule has 0 aliphatic rings. The number of carbonyl (C=O) groups excluding carboxylic acids is 2. The van der Waals surface area contributed by atoms with Gasteiger partial charge >= 0.3 is 0 Å². The predicted octanol–water partition coefficient (Wildman–Crippen LogP) is 6.37. The molecule has 0 aliphatic carbocycles. The molecule has 2 N–H and O–H groups in total. The van der Waals surface area contributed by atoms with Gasteiger partial charge in [-0.15, -0.1) is 11.3 Å². The fourth-order valence-corrected chi connectivity index (χ4v) is 4.26. The van der Waals surface area contributed by atoms with E-state index in [1.165, 1.54) is 22.6 Å². The number of anilines is 2. The Balaban J connectivity index is 1.40. The molecular weight excluding hydrogens is 404 g/mol. The molecule has 3 aromatic carbocycles. The van der Waals surface area contributed by atoms with Gasteiger partial charge in [0.2, 0.25) is 5.91 Å². The van der Waals surface area contributed by atoms with Crippen LogP contribution in [0.5, 0.6) is 0 Å². The second-order valence-electron chi connectivity index (χ2n) is 7.19. The SMILES string of the molecule is CC(=O)Nc1ccc(/C=C/C(=O)c2cccc(NCc3csc4ccccc34)c2)cc1. The molecule has 0 unspecified atom stereocenters. The lowest BCUT2D eigenvalue weighted by molar-refractivity contribution is -0.114. The van der Waals surface area contributed by atoms with Gasteiger partial charge in [0.25, 0.3) is 0 Å². The minimum Gasteiger partial charge on any atom is -0.381 e. The number of hydrogen-bond acceptors (Lipinski definition) is 4. The van der Waals surface area contributed by atoms with Gasteiger partial charge < -0.3 is 10.6 Å². The summed E-state index contributed by atoms with van der Waals surface area (Å²) < 4.78 is 1.28. The number of fused-ring (bicyclic) bond motifs is 1. The smallest absolute Gasteiger partial charge is 0.221 e. The molecule has 0 fully saturated rings. The molecule has 0 aliphatic heterocycles. The number of hydrogen-bond donors (Lipinski definition) is 2. The number of rotatable bonds is 7. The topological polar surface area (TPSA) is 58.2 Å². The Hall–Kier alpha value is -3.70. The number of nitrogens with one attached hydrogen (secondary N) is 2. The molecule has 1 aromatic heterocycles. The standard InChI is InChI=1S/C26H22N2O2S/c1-18(29)28-22-12-9-19(10-13-22)11-14-25(30)20-5-4-6-23(15-20)27-16-21-17-31-26-8-3-2-7-24(21)26/h2-15,17,27H,16H2,1H3,(H,28,29)/b14-11+. The average Bonchev–Trinajstić information content (AvgIpc) is 3.20. The summed E-state index contributed by atoms with van der Waals surface area (Å²) in [7, 11) is 0. The highest BCUT2D eigenvalue weighted by Crippen LogP contribution is 2.26. The van der Waals surface area contributed by atoms with Crippen molar-refractivity contribution in [2.24, 2.45) is 0 Å². The van der Waals surface area contributed by atoms with E-state index in [-0.39, 0.29) is 11.7 Å². The Bertz CT molecular complexity index is 1260. The molecule has 0 radical (unpaired) electrons. The van der Waals surface area contributed by atoms with Gasteiger partial charge in [-0.1, -0.05) is 48.5 Å². The van der Waals surface area contributed by atoms with E-state index < -0.39 is 0 Å². The number of thiophene rings is 1. The molecule has 5 heteroatoms. The molecule has 0 spiro atoms. The van der Waals surface area contributed by atoms with E-state index in [1.54, 1.807) is 23.5 Å². The number of ketones is 1. The third-order valence-corrected chi connectivity index (χ3v) is 5.86. The summed E-state index contributed by atoms with van der Waals surface area (Å²) >= 11 is 1.74. The fourth-order valence-electron chi connectivity index (χ4n) is 3.30. The lowest BCUT2D eigenvalue weighted by atomic mass is 10.1. The van der Waals surface area contributed by atoms with Crippen LogP contribution in [0.1, 0.15) is 28.4 Å². The van der Waals surface area contributed by atoms with Gasteiger partial charge in [-0.25, -0.2) is 0 Å². The molecule has 4 aromatic rings. The van der Waals surface area contributed by atoms with E-state index in [1.807, 2.05) is 48.5 Å². The third kappa shape index (κ3) is 5.27. The molecule has 1 amide bonds. The van der Waals surface area contributed by atoms with E-state index in [0.717, 1.165) is 16.9 Å². The first-order chi connectivity index (χ1) is 15.1. The minimum atomic E-state index is -0.112. The molecule has 4 nitrogen and oxygen atoms in total. The zero-order valence-corrected chi connectivity index (χ0v) is 17.9. The first-order valence-electron chi connectivity index (χ1n) is 9.97. The summed E-state index contributed by atoms with van der Waals surface area (Å²) in [6, 6.07) is 23.3. The number of allylic oxidation sites excluding steroid dienone is 1. The Morgan fingerprint density at radius 3 is 2.55 bits per heavy atom. The van der Waals surface area contributed by atoms with Crippen LogP contribution < -0.4 is 10.6 Å². The van der Waals surface area contributed by atoms with Gasteiger partial charge in [0, 0.05) is 35.1 Å². The Morgan fingerprint density at radius 2 is 1.74 bits per heavy atom. The monoisotopic (exact) mass is 426 g/mol. The van der Waals surface area contributed by atoms with Crippen molar-refractivity contribution in [1.82, 2.24) is 0 Å². The molecule has 0 atom stereocenters. The summed E-state index contributed by atoms with van der Waals surface area (Å²) in [4.78, 5) is 23.7. The minimum absolute atomic E-state index is 0.0597. The summed E-state index contributed by atoms with van der Waals surface area (Å²) in [6.07, 6.45) is 3.34. The zero-order chi connectivity index (χ0) is 21.6. The van der Waals surface area contributed by atoms with Crippen LogP contribution in [0.15, 0.2) is 84.3 Å². The molecule has 31 heavy (non-hydrogen) atoms. The van der Waals surface area contributed by atoms with Gasteiger partial charge in [-0.3, -0.25) is 9.59 Å². The van der Waals surface area contributed by atoms with Crippen LogP contribution in [-0.2, 0) is 11.3 Å². The van der Waals surface area contributed by atoms with Crippen LogP contribution in [0.4, 0.5) is 11.4 Å². The van der Waals surface area contributed by atoms with Gasteiger partial charge in [0.15, 0.2) is 5.78 Å². The van der Waals surface area contributed by atoms with Crippen LogP contribution in [0, 0.1) is 0 Å². The van der Waals surface area contributed by atoms with Crippen molar-refractivity contribution in [3.8, 4) is 0 Å². The van der Waals surface area contributed by atoms with Gasteiger partial charge in [0.1, 0.15) is 0 Å². The Labute approximate surface area is 185 Å². The van der Waals surface area contributed by atoms with Crippen LogP contribution >= 0.6 is 11.3 Å².